The van der Waals surface area contributed by atoms with Crippen molar-refractivity contribution in [3.63, 3.8) is 0 Å². The summed E-state index contributed by atoms with van der Waals surface area (Å²) >= 11 is 6.30. The molecule has 0 spiro atoms. The van der Waals surface area contributed by atoms with Crippen LogP contribution in [0.1, 0.15) is 12.0 Å². The normalized spacial score (nSPS) is 12.9. The standard InChI is InChI=1S/C21H20ClN3O4/c1-27-17-6-3-2-5-14(17)16-12-19(25-24-16)23-20(26)11-13-9-15(22)21-18(10-13)28-7-4-8-29-21/h2-3,5-6,9-10,12H,4,7-8,11H2,1H3,(H2,23,24,25,26). The highest BCUT2D eigenvalue weighted by atomic mass is 35.5. The molecule has 1 aromatic heterocycles. The third kappa shape index (κ3) is 4.30. The van der Waals surface area contributed by atoms with Gasteiger partial charge in [0.15, 0.2) is 17.3 Å². The average Bonchev–Trinajstić information content (AvgIpc) is 3.03. The van der Waals surface area contributed by atoms with Crippen molar-refractivity contribution < 1.29 is 19.0 Å². The number of H-pyrrole nitrogens is 1. The van der Waals surface area contributed by atoms with Gasteiger partial charge in [0, 0.05) is 18.1 Å². The summed E-state index contributed by atoms with van der Waals surface area (Å²) in [4.78, 5) is 12.5. The van der Waals surface area contributed by atoms with E-state index in [-0.39, 0.29) is 12.3 Å². The van der Waals surface area contributed by atoms with Crippen molar-refractivity contribution in [2.75, 3.05) is 25.6 Å². The zero-order valence-corrected chi connectivity index (χ0v) is 16.6. The van der Waals surface area contributed by atoms with Crippen LogP contribution in [0.15, 0.2) is 42.5 Å². The van der Waals surface area contributed by atoms with Crippen molar-refractivity contribution >= 4 is 23.3 Å². The van der Waals surface area contributed by atoms with E-state index in [9.17, 15) is 4.79 Å². The lowest BCUT2D eigenvalue weighted by atomic mass is 10.1. The lowest BCUT2D eigenvalue weighted by molar-refractivity contribution is -0.115. The van der Waals surface area contributed by atoms with E-state index in [0.29, 0.717) is 35.6 Å². The van der Waals surface area contributed by atoms with E-state index < -0.39 is 0 Å². The van der Waals surface area contributed by atoms with E-state index >= 15 is 0 Å². The monoisotopic (exact) mass is 413 g/mol. The van der Waals surface area contributed by atoms with Crippen LogP contribution in [0.5, 0.6) is 17.2 Å². The SMILES string of the molecule is COc1ccccc1-c1cc(NC(=O)Cc2cc(Cl)c3c(c2)OCCCO3)n[nH]1. The first kappa shape index (κ1) is 19.1. The topological polar surface area (TPSA) is 85.5 Å². The van der Waals surface area contributed by atoms with Crippen molar-refractivity contribution in [2.45, 2.75) is 12.8 Å². The van der Waals surface area contributed by atoms with E-state index in [1.165, 1.54) is 0 Å². The number of nitrogens with one attached hydrogen (secondary N) is 2. The van der Waals surface area contributed by atoms with Gasteiger partial charge in [0.25, 0.3) is 0 Å². The number of benzene rings is 2. The second kappa shape index (κ2) is 8.45. The number of hydrogen-bond donors (Lipinski definition) is 2. The van der Waals surface area contributed by atoms with E-state index in [1.54, 1.807) is 25.3 Å². The molecule has 0 saturated heterocycles. The summed E-state index contributed by atoms with van der Waals surface area (Å²) in [5.41, 5.74) is 2.34. The lowest BCUT2D eigenvalue weighted by Gasteiger charge is -2.11. The first-order valence-corrected chi connectivity index (χ1v) is 9.58. The largest absolute Gasteiger partial charge is 0.496 e. The van der Waals surface area contributed by atoms with Gasteiger partial charge in [-0.3, -0.25) is 9.89 Å². The van der Waals surface area contributed by atoms with Crippen molar-refractivity contribution in [1.29, 1.82) is 0 Å². The molecule has 29 heavy (non-hydrogen) atoms. The van der Waals surface area contributed by atoms with Crippen LogP contribution in [0.4, 0.5) is 5.82 Å². The Labute approximate surface area is 172 Å². The van der Waals surface area contributed by atoms with Gasteiger partial charge in [0.2, 0.25) is 5.91 Å². The molecule has 1 aliphatic rings. The summed E-state index contributed by atoms with van der Waals surface area (Å²) in [6, 6.07) is 12.8. The molecular formula is C21H20ClN3O4. The summed E-state index contributed by atoms with van der Waals surface area (Å²) in [6.07, 6.45) is 0.918. The molecule has 150 valence electrons. The minimum Gasteiger partial charge on any atom is -0.496 e. The van der Waals surface area contributed by atoms with E-state index in [0.717, 1.165) is 29.0 Å². The van der Waals surface area contributed by atoms with Gasteiger partial charge in [-0.15, -0.1) is 0 Å². The van der Waals surface area contributed by atoms with Crippen molar-refractivity contribution in [3.05, 3.63) is 53.1 Å². The van der Waals surface area contributed by atoms with Gasteiger partial charge in [-0.25, -0.2) is 0 Å². The molecule has 1 amide bonds. The Bertz CT molecular complexity index is 1030. The Morgan fingerprint density at radius 2 is 2.07 bits per heavy atom. The molecule has 0 saturated carbocycles. The molecule has 2 heterocycles. The zero-order chi connectivity index (χ0) is 20.2. The molecule has 4 rings (SSSR count). The summed E-state index contributed by atoms with van der Waals surface area (Å²) in [6.45, 7) is 1.11. The molecule has 1 aliphatic heterocycles. The molecule has 2 aromatic carbocycles. The molecule has 3 aromatic rings. The third-order valence-corrected chi connectivity index (χ3v) is 4.75. The molecule has 2 N–H and O–H groups in total. The number of amides is 1. The highest BCUT2D eigenvalue weighted by Crippen LogP contribution is 2.38. The number of anilines is 1. The van der Waals surface area contributed by atoms with Gasteiger partial charge < -0.3 is 19.5 Å². The van der Waals surface area contributed by atoms with Gasteiger partial charge in [-0.1, -0.05) is 23.7 Å². The molecule has 0 radical (unpaired) electrons. The first-order valence-electron chi connectivity index (χ1n) is 9.20. The Morgan fingerprint density at radius 1 is 1.24 bits per heavy atom. The number of carbonyl (C=O) groups is 1. The van der Waals surface area contributed by atoms with Crippen molar-refractivity contribution in [2.24, 2.45) is 0 Å². The van der Waals surface area contributed by atoms with Gasteiger partial charge in [0.1, 0.15) is 5.75 Å². The second-order valence-corrected chi connectivity index (χ2v) is 6.95. The van der Waals surface area contributed by atoms with Crippen LogP contribution < -0.4 is 19.5 Å². The molecule has 0 aliphatic carbocycles. The number of carbonyl (C=O) groups excluding carboxylic acids is 1. The van der Waals surface area contributed by atoms with Crippen molar-refractivity contribution in [3.8, 4) is 28.5 Å². The van der Waals surface area contributed by atoms with Crippen LogP contribution in [0.3, 0.4) is 0 Å². The minimum absolute atomic E-state index is 0.132. The molecule has 0 fully saturated rings. The van der Waals surface area contributed by atoms with Gasteiger partial charge in [-0.2, -0.15) is 5.10 Å². The molecular weight excluding hydrogens is 394 g/mol. The first-order chi connectivity index (χ1) is 14.1. The van der Waals surface area contributed by atoms with Crippen LogP contribution in [0.2, 0.25) is 5.02 Å². The predicted molar refractivity (Wildman–Crippen MR) is 110 cm³/mol. The molecule has 0 unspecified atom stereocenters. The van der Waals surface area contributed by atoms with Crippen molar-refractivity contribution in [1.82, 2.24) is 10.2 Å². The Morgan fingerprint density at radius 3 is 2.93 bits per heavy atom. The fourth-order valence-corrected chi connectivity index (χ4v) is 3.44. The van der Waals surface area contributed by atoms with Gasteiger partial charge >= 0.3 is 0 Å². The maximum absolute atomic E-state index is 12.5. The predicted octanol–water partition coefficient (Wildman–Crippen LogP) is 4.08. The number of para-hydroxylation sites is 1. The number of fused-ring (bicyclic) bond motifs is 1. The van der Waals surface area contributed by atoms with Gasteiger partial charge in [-0.05, 0) is 29.8 Å². The number of nitrogens with zero attached hydrogens (tertiary/aromatic N) is 1. The summed E-state index contributed by atoms with van der Waals surface area (Å²) in [5, 5.41) is 10.3. The number of aromatic amines is 1. The summed E-state index contributed by atoms with van der Waals surface area (Å²) in [5.74, 6) is 2.03. The highest BCUT2D eigenvalue weighted by molar-refractivity contribution is 6.32. The van der Waals surface area contributed by atoms with Crippen LogP contribution in [-0.4, -0.2) is 36.4 Å². The zero-order valence-electron chi connectivity index (χ0n) is 15.8. The lowest BCUT2D eigenvalue weighted by Crippen LogP contribution is -2.14. The number of methoxy groups -OCH3 is 1. The fraction of sp³-hybridized carbons (Fsp3) is 0.238. The third-order valence-electron chi connectivity index (χ3n) is 4.47. The number of hydrogen-bond acceptors (Lipinski definition) is 5. The maximum Gasteiger partial charge on any atom is 0.229 e. The van der Waals surface area contributed by atoms with E-state index in [1.807, 2.05) is 24.3 Å². The number of rotatable bonds is 5. The number of ether oxygens (including phenoxy) is 3. The van der Waals surface area contributed by atoms with Crippen LogP contribution >= 0.6 is 11.6 Å². The van der Waals surface area contributed by atoms with Crippen LogP contribution in [0, 0.1) is 0 Å². The molecule has 0 bridgehead atoms. The molecule has 0 atom stereocenters. The minimum atomic E-state index is -0.214. The Hall–Kier alpha value is -3.19. The molecule has 7 nitrogen and oxygen atoms in total. The number of halogens is 1. The Balaban J connectivity index is 1.46. The number of aromatic nitrogens is 2. The maximum atomic E-state index is 12.5. The van der Waals surface area contributed by atoms with Gasteiger partial charge in [0.05, 0.1) is 37.5 Å². The summed E-state index contributed by atoms with van der Waals surface area (Å²) in [7, 11) is 1.61. The van der Waals surface area contributed by atoms with E-state index in [2.05, 4.69) is 15.5 Å². The average molecular weight is 414 g/mol. The summed E-state index contributed by atoms with van der Waals surface area (Å²) < 4.78 is 16.7. The highest BCUT2D eigenvalue weighted by Gasteiger charge is 2.17. The smallest absolute Gasteiger partial charge is 0.229 e. The second-order valence-electron chi connectivity index (χ2n) is 6.55. The quantitative estimate of drug-likeness (QED) is 0.658. The fourth-order valence-electron chi connectivity index (χ4n) is 3.15. The van der Waals surface area contributed by atoms with E-state index in [4.69, 9.17) is 25.8 Å². The molecule has 8 heteroatoms. The van der Waals surface area contributed by atoms with Crippen LogP contribution in [0.25, 0.3) is 11.3 Å². The van der Waals surface area contributed by atoms with Crippen LogP contribution in [-0.2, 0) is 11.2 Å². The Kier molecular flexibility index (Phi) is 5.57.